The van der Waals surface area contributed by atoms with Crippen molar-refractivity contribution in [1.29, 1.82) is 0 Å². The number of benzene rings is 1. The van der Waals surface area contributed by atoms with Gasteiger partial charge in [-0.2, -0.15) is 0 Å². The Morgan fingerprint density at radius 2 is 2.03 bits per heavy atom. The van der Waals surface area contributed by atoms with Crippen LogP contribution in [0.25, 0.3) is 22.4 Å². The minimum absolute atomic E-state index is 0.0506. The van der Waals surface area contributed by atoms with Crippen molar-refractivity contribution < 1.29 is 22.4 Å². The first-order valence-corrected chi connectivity index (χ1v) is 11.8. The number of carbonyl (C=O) groups is 2. The van der Waals surface area contributed by atoms with E-state index in [0.717, 1.165) is 16.5 Å². The van der Waals surface area contributed by atoms with Gasteiger partial charge in [-0.25, -0.2) is 17.9 Å². The van der Waals surface area contributed by atoms with E-state index in [4.69, 9.17) is 4.42 Å². The number of carbonyl (C=O) groups excluding carboxylic acids is 2. The Bertz CT molecular complexity index is 1330. The fourth-order valence-corrected chi connectivity index (χ4v) is 5.63. The van der Waals surface area contributed by atoms with Crippen molar-refractivity contribution in [3.63, 3.8) is 0 Å². The molecule has 1 saturated heterocycles. The highest BCUT2D eigenvalue weighted by Gasteiger charge is 2.50. The van der Waals surface area contributed by atoms with Crippen molar-refractivity contribution in [2.75, 3.05) is 6.54 Å². The van der Waals surface area contributed by atoms with Gasteiger partial charge in [0.05, 0.1) is 0 Å². The van der Waals surface area contributed by atoms with Crippen LogP contribution >= 0.6 is 0 Å². The summed E-state index contributed by atoms with van der Waals surface area (Å²) >= 11 is 0. The lowest BCUT2D eigenvalue weighted by Crippen LogP contribution is -2.44. The first-order valence-electron chi connectivity index (χ1n) is 10.4. The fourth-order valence-electron chi connectivity index (χ4n) is 4.57. The van der Waals surface area contributed by atoms with E-state index in [2.05, 4.69) is 20.3 Å². The largest absolute Gasteiger partial charge is 0.454 e. The van der Waals surface area contributed by atoms with Gasteiger partial charge in [-0.1, -0.05) is 18.2 Å². The number of fused-ring (bicyclic) bond motifs is 1. The molecule has 10 heteroatoms. The number of hydrogen-bond acceptors (Lipinski definition) is 6. The molecule has 1 aromatic carbocycles. The summed E-state index contributed by atoms with van der Waals surface area (Å²) in [7, 11) is -3.77. The maximum atomic E-state index is 12.8. The summed E-state index contributed by atoms with van der Waals surface area (Å²) < 4.78 is 34.0. The summed E-state index contributed by atoms with van der Waals surface area (Å²) in [5.41, 5.74) is 1.33. The molecule has 1 saturated carbocycles. The summed E-state index contributed by atoms with van der Waals surface area (Å²) in [6, 6.07) is 10.3. The third-order valence-corrected chi connectivity index (χ3v) is 7.72. The molecule has 9 nitrogen and oxygen atoms in total. The van der Waals surface area contributed by atoms with E-state index < -0.39 is 21.6 Å². The number of para-hydroxylation sites is 1. The second-order valence-electron chi connectivity index (χ2n) is 8.38. The molecular weight excluding hydrogens is 432 g/mol. The Hall–Kier alpha value is -3.24. The van der Waals surface area contributed by atoms with Crippen molar-refractivity contribution in [3.8, 4) is 11.5 Å². The van der Waals surface area contributed by atoms with Crippen molar-refractivity contribution in [3.05, 3.63) is 48.2 Å². The van der Waals surface area contributed by atoms with E-state index in [0.29, 0.717) is 30.7 Å². The number of imide groups is 1. The molecule has 1 aliphatic heterocycles. The van der Waals surface area contributed by atoms with Gasteiger partial charge in [-0.3, -0.25) is 15.1 Å². The molecule has 0 radical (unpaired) electrons. The zero-order valence-corrected chi connectivity index (χ0v) is 18.2. The third-order valence-electron chi connectivity index (χ3n) is 6.32. The number of aryl methyl sites for hydroxylation is 1. The molecule has 2 aliphatic rings. The van der Waals surface area contributed by atoms with Gasteiger partial charge in [0.2, 0.25) is 10.0 Å². The Labute approximate surface area is 184 Å². The van der Waals surface area contributed by atoms with Crippen LogP contribution in [0.5, 0.6) is 0 Å². The maximum absolute atomic E-state index is 12.8. The first kappa shape index (κ1) is 20.7. The van der Waals surface area contributed by atoms with Gasteiger partial charge >= 0.3 is 6.03 Å². The highest BCUT2D eigenvalue weighted by molar-refractivity contribution is 7.89. The highest BCUT2D eigenvalue weighted by Crippen LogP contribution is 2.36. The smallest absolute Gasteiger partial charge is 0.322 e. The van der Waals surface area contributed by atoms with Gasteiger partial charge in [-0.15, -0.1) is 0 Å². The number of aromatic nitrogens is 1. The topological polar surface area (TPSA) is 130 Å². The molecule has 2 unspecified atom stereocenters. The maximum Gasteiger partial charge on any atom is 0.322 e. The van der Waals surface area contributed by atoms with Gasteiger partial charge in [-0.05, 0) is 50.3 Å². The SMILES string of the molecule is Cc1c(-c2ccc(S(=O)(=O)NCC3CCC4(C3)NC(=O)NC4=O)cn2)oc2ccccc12. The number of nitrogens with zero attached hydrogens (tertiary/aromatic N) is 1. The molecule has 166 valence electrons. The summed E-state index contributed by atoms with van der Waals surface area (Å²) in [5, 5.41) is 5.92. The van der Waals surface area contributed by atoms with Gasteiger partial charge in [0.25, 0.3) is 5.91 Å². The Morgan fingerprint density at radius 3 is 2.72 bits per heavy atom. The number of furan rings is 1. The van der Waals surface area contributed by atoms with Crippen LogP contribution in [0, 0.1) is 12.8 Å². The Morgan fingerprint density at radius 1 is 1.22 bits per heavy atom. The van der Waals surface area contributed by atoms with E-state index in [-0.39, 0.29) is 23.3 Å². The quantitative estimate of drug-likeness (QED) is 0.508. The van der Waals surface area contributed by atoms with Gasteiger partial charge < -0.3 is 9.73 Å². The van der Waals surface area contributed by atoms with E-state index in [1.165, 1.54) is 12.3 Å². The molecule has 3 aromatic rings. The molecule has 1 spiro atoms. The van der Waals surface area contributed by atoms with Gasteiger partial charge in [0.1, 0.15) is 21.7 Å². The summed E-state index contributed by atoms with van der Waals surface area (Å²) in [6.07, 6.45) is 2.84. The second kappa shape index (κ2) is 7.42. The summed E-state index contributed by atoms with van der Waals surface area (Å²) in [5.74, 6) is 0.212. The van der Waals surface area contributed by atoms with E-state index in [9.17, 15) is 18.0 Å². The van der Waals surface area contributed by atoms with Crippen LogP contribution in [0.3, 0.4) is 0 Å². The minimum Gasteiger partial charge on any atom is -0.454 e. The average Bonchev–Trinajstić information content (AvgIpc) is 3.43. The summed E-state index contributed by atoms with van der Waals surface area (Å²) in [6.45, 7) is 2.12. The molecule has 3 heterocycles. The van der Waals surface area contributed by atoms with E-state index >= 15 is 0 Å². The molecule has 5 rings (SSSR count). The molecule has 3 N–H and O–H groups in total. The zero-order chi connectivity index (χ0) is 22.5. The normalized spacial score (nSPS) is 23.1. The molecular formula is C22H22N4O5S. The van der Waals surface area contributed by atoms with Crippen LogP contribution in [0.1, 0.15) is 24.8 Å². The number of urea groups is 1. The summed E-state index contributed by atoms with van der Waals surface area (Å²) in [4.78, 5) is 27.9. The van der Waals surface area contributed by atoms with Crippen molar-refractivity contribution in [2.24, 2.45) is 5.92 Å². The molecule has 2 atom stereocenters. The fraction of sp³-hybridized carbons (Fsp3) is 0.318. The van der Waals surface area contributed by atoms with Crippen LogP contribution in [0.2, 0.25) is 0 Å². The van der Waals surface area contributed by atoms with Gasteiger partial charge in [0, 0.05) is 23.7 Å². The van der Waals surface area contributed by atoms with Crippen molar-refractivity contribution in [2.45, 2.75) is 36.6 Å². The van der Waals surface area contributed by atoms with Crippen molar-refractivity contribution >= 4 is 32.9 Å². The average molecular weight is 455 g/mol. The lowest BCUT2D eigenvalue weighted by Gasteiger charge is -2.19. The van der Waals surface area contributed by atoms with Crippen LogP contribution in [-0.4, -0.2) is 37.4 Å². The third kappa shape index (κ3) is 3.45. The number of amides is 3. The first-order chi connectivity index (χ1) is 15.3. The number of pyridine rings is 1. The second-order valence-corrected chi connectivity index (χ2v) is 10.1. The van der Waals surface area contributed by atoms with Crippen LogP contribution < -0.4 is 15.4 Å². The molecule has 3 amide bonds. The highest BCUT2D eigenvalue weighted by atomic mass is 32.2. The molecule has 2 fully saturated rings. The van der Waals surface area contributed by atoms with Crippen LogP contribution in [0.15, 0.2) is 51.9 Å². The molecule has 2 aromatic heterocycles. The monoisotopic (exact) mass is 454 g/mol. The lowest BCUT2D eigenvalue weighted by molar-refractivity contribution is -0.123. The number of rotatable bonds is 5. The lowest BCUT2D eigenvalue weighted by atomic mass is 9.96. The number of sulfonamides is 1. The Balaban J connectivity index is 1.28. The number of hydrogen-bond donors (Lipinski definition) is 3. The standard InChI is InChI=1S/C22H22N4O5S/c1-13-16-4-2-3-5-18(16)31-19(13)17-7-6-15(12-23-17)32(29,30)24-11-14-8-9-22(10-14)20(27)25-21(28)26-22/h2-7,12,14,24H,8-11H2,1H3,(H2,25,26,27,28). The van der Waals surface area contributed by atoms with Crippen molar-refractivity contribution in [1.82, 2.24) is 20.3 Å². The predicted octanol–water partition coefficient (Wildman–Crippen LogP) is 2.46. The predicted molar refractivity (Wildman–Crippen MR) is 116 cm³/mol. The molecule has 32 heavy (non-hydrogen) atoms. The Kier molecular flexibility index (Phi) is 4.79. The zero-order valence-electron chi connectivity index (χ0n) is 17.3. The van der Waals surface area contributed by atoms with Crippen LogP contribution in [-0.2, 0) is 14.8 Å². The van der Waals surface area contributed by atoms with Gasteiger partial charge in [0.15, 0.2) is 5.76 Å². The number of nitrogens with one attached hydrogen (secondary N) is 3. The molecule has 0 bridgehead atoms. The van der Waals surface area contributed by atoms with E-state index in [1.54, 1.807) is 6.07 Å². The van der Waals surface area contributed by atoms with Crippen LogP contribution in [0.4, 0.5) is 4.79 Å². The van der Waals surface area contributed by atoms with E-state index in [1.807, 2.05) is 31.2 Å². The minimum atomic E-state index is -3.77. The molecule has 1 aliphatic carbocycles.